The first-order valence-corrected chi connectivity index (χ1v) is 20.2. The molecular formula is C26H58O7S2Si2. The first-order valence-electron chi connectivity index (χ1n) is 14.8. The third kappa shape index (κ3) is 17.3. The van der Waals surface area contributed by atoms with Gasteiger partial charge in [-0.05, 0) is 80.1 Å². The summed E-state index contributed by atoms with van der Waals surface area (Å²) in [5, 5.41) is 0.926. The fourth-order valence-corrected chi connectivity index (χ4v) is 11.9. The minimum Gasteiger partial charge on any atom is -0.374 e. The standard InChI is InChI=1S/C26H58O7S2Si2/c1-9-19-25(21-17-23-36(27-11-3,28-12-4)29-13-5)34-33-35-26(20-10-2)22-18-24-37(30-14-6,31-15-7)32-16-8/h25-26H,9-24H2,1-8H3. The molecule has 0 aliphatic rings. The molecule has 0 spiro atoms. The Hall–Kier alpha value is 0.854. The van der Waals surface area contributed by atoms with Gasteiger partial charge >= 0.3 is 17.6 Å². The van der Waals surface area contributed by atoms with Gasteiger partial charge in [-0.2, -0.15) is 0 Å². The van der Waals surface area contributed by atoms with Crippen molar-refractivity contribution in [3.63, 3.8) is 0 Å². The Morgan fingerprint density at radius 1 is 0.459 bits per heavy atom. The van der Waals surface area contributed by atoms with Gasteiger partial charge in [0.15, 0.2) is 0 Å². The molecule has 0 saturated heterocycles. The van der Waals surface area contributed by atoms with Crippen molar-refractivity contribution in [1.82, 2.24) is 0 Å². The van der Waals surface area contributed by atoms with Crippen molar-refractivity contribution < 1.29 is 30.2 Å². The number of rotatable bonds is 28. The van der Waals surface area contributed by atoms with E-state index in [9.17, 15) is 0 Å². The molecule has 0 aromatic carbocycles. The van der Waals surface area contributed by atoms with Crippen molar-refractivity contribution in [3.8, 4) is 0 Å². The van der Waals surface area contributed by atoms with Gasteiger partial charge in [-0.25, -0.2) is 3.63 Å². The third-order valence-corrected chi connectivity index (χ3v) is 14.2. The summed E-state index contributed by atoms with van der Waals surface area (Å²) < 4.78 is 42.3. The van der Waals surface area contributed by atoms with Gasteiger partial charge < -0.3 is 26.6 Å². The van der Waals surface area contributed by atoms with E-state index in [4.69, 9.17) is 30.2 Å². The fourth-order valence-electron chi connectivity index (χ4n) is 4.35. The third-order valence-electron chi connectivity index (χ3n) is 5.78. The maximum Gasteiger partial charge on any atom is 0.500 e. The van der Waals surface area contributed by atoms with Crippen molar-refractivity contribution in [2.45, 2.75) is 129 Å². The average Bonchev–Trinajstić information content (AvgIpc) is 2.85. The lowest BCUT2D eigenvalue weighted by Crippen LogP contribution is -2.46. The van der Waals surface area contributed by atoms with E-state index >= 15 is 0 Å². The summed E-state index contributed by atoms with van der Waals surface area (Å²) in [5.74, 6) is 0. The molecule has 37 heavy (non-hydrogen) atoms. The van der Waals surface area contributed by atoms with E-state index in [1.807, 2.05) is 41.5 Å². The Morgan fingerprint density at radius 3 is 1.00 bits per heavy atom. The fraction of sp³-hybridized carbons (Fsp3) is 1.00. The SMILES string of the molecule is CCCC(CCC[Si](OCC)(OCC)OCC)SOSC(CCC)CCC[Si](OCC)(OCC)OCC. The van der Waals surface area contributed by atoms with Crippen LogP contribution < -0.4 is 0 Å². The highest BCUT2D eigenvalue weighted by atomic mass is 32.2. The molecule has 0 aliphatic heterocycles. The van der Waals surface area contributed by atoms with Crippen LogP contribution in [0.5, 0.6) is 0 Å². The molecule has 11 heteroatoms. The van der Waals surface area contributed by atoms with Crippen molar-refractivity contribution in [1.29, 1.82) is 0 Å². The molecule has 0 N–H and O–H groups in total. The van der Waals surface area contributed by atoms with E-state index in [0.29, 0.717) is 50.1 Å². The summed E-state index contributed by atoms with van der Waals surface area (Å²) in [6.45, 7) is 20.3. The summed E-state index contributed by atoms with van der Waals surface area (Å²) in [7, 11) is -5.15. The van der Waals surface area contributed by atoms with E-state index in [0.717, 1.165) is 63.5 Å². The molecule has 0 heterocycles. The zero-order valence-electron chi connectivity index (χ0n) is 25.1. The van der Waals surface area contributed by atoms with Crippen molar-refractivity contribution >= 4 is 41.7 Å². The first kappa shape index (κ1) is 37.9. The van der Waals surface area contributed by atoms with E-state index in [2.05, 4.69) is 13.8 Å². The van der Waals surface area contributed by atoms with Crippen molar-refractivity contribution in [2.24, 2.45) is 0 Å². The Kier molecular flexibility index (Phi) is 25.2. The summed E-state index contributed by atoms with van der Waals surface area (Å²) in [5.41, 5.74) is 0. The Labute approximate surface area is 240 Å². The van der Waals surface area contributed by atoms with Crippen molar-refractivity contribution in [3.05, 3.63) is 0 Å². The molecule has 0 amide bonds. The maximum absolute atomic E-state index is 6.18. The second-order valence-corrected chi connectivity index (χ2v) is 16.6. The normalized spacial score (nSPS) is 14.3. The van der Waals surface area contributed by atoms with Crippen LogP contribution >= 0.6 is 24.1 Å². The van der Waals surface area contributed by atoms with Gasteiger partial charge in [0.25, 0.3) is 0 Å². The average molecular weight is 603 g/mol. The van der Waals surface area contributed by atoms with Gasteiger partial charge in [0.05, 0.1) is 0 Å². The van der Waals surface area contributed by atoms with Crippen LogP contribution in [-0.2, 0) is 30.2 Å². The van der Waals surface area contributed by atoms with Gasteiger partial charge in [-0.15, -0.1) is 0 Å². The second kappa shape index (κ2) is 24.6. The number of hydrogen-bond acceptors (Lipinski definition) is 9. The maximum atomic E-state index is 6.18. The van der Waals surface area contributed by atoms with Crippen LogP contribution in [0, 0.1) is 0 Å². The van der Waals surface area contributed by atoms with Gasteiger partial charge in [-0.1, -0.05) is 26.7 Å². The lowest BCUT2D eigenvalue weighted by atomic mass is 10.2. The van der Waals surface area contributed by atoms with Crippen molar-refractivity contribution in [2.75, 3.05) is 39.6 Å². The van der Waals surface area contributed by atoms with Crippen LogP contribution in [-0.4, -0.2) is 67.8 Å². The summed E-state index contributed by atoms with van der Waals surface area (Å²) in [6.07, 6.45) is 8.77. The van der Waals surface area contributed by atoms with E-state index < -0.39 is 17.6 Å². The molecule has 0 aliphatic carbocycles. The predicted molar refractivity (Wildman–Crippen MR) is 163 cm³/mol. The monoisotopic (exact) mass is 602 g/mol. The van der Waals surface area contributed by atoms with Crippen LogP contribution in [0.3, 0.4) is 0 Å². The van der Waals surface area contributed by atoms with Gasteiger partial charge in [0, 0.05) is 86.3 Å². The van der Waals surface area contributed by atoms with Crippen LogP contribution in [0.2, 0.25) is 12.1 Å². The minimum absolute atomic E-state index is 0.463. The molecule has 0 rings (SSSR count). The molecule has 0 fully saturated rings. The largest absolute Gasteiger partial charge is 0.500 e. The Balaban J connectivity index is 4.78. The summed E-state index contributed by atoms with van der Waals surface area (Å²) >= 11 is 3.29. The summed E-state index contributed by atoms with van der Waals surface area (Å²) in [6, 6.07) is 1.72. The zero-order chi connectivity index (χ0) is 27.8. The molecule has 7 nitrogen and oxygen atoms in total. The smallest absolute Gasteiger partial charge is 0.374 e. The topological polar surface area (TPSA) is 64.6 Å². The molecular weight excluding hydrogens is 545 g/mol. The van der Waals surface area contributed by atoms with Crippen LogP contribution in [0.1, 0.15) is 107 Å². The van der Waals surface area contributed by atoms with Crippen LogP contribution in [0.25, 0.3) is 0 Å². The number of hydrogen-bond donors (Lipinski definition) is 0. The van der Waals surface area contributed by atoms with Crippen LogP contribution in [0.4, 0.5) is 0 Å². The zero-order valence-corrected chi connectivity index (χ0v) is 28.8. The van der Waals surface area contributed by atoms with E-state index in [-0.39, 0.29) is 0 Å². The lowest BCUT2D eigenvalue weighted by Gasteiger charge is -2.29. The highest BCUT2D eigenvalue weighted by molar-refractivity contribution is 8.08. The minimum atomic E-state index is -2.58. The Morgan fingerprint density at radius 2 is 0.757 bits per heavy atom. The molecule has 2 atom stereocenters. The van der Waals surface area contributed by atoms with Crippen LogP contribution in [0.15, 0.2) is 0 Å². The van der Waals surface area contributed by atoms with Gasteiger partial charge in [0.2, 0.25) is 0 Å². The lowest BCUT2D eigenvalue weighted by molar-refractivity contribution is 0.0698. The molecule has 2 unspecified atom stereocenters. The Bertz CT molecular complexity index is 434. The predicted octanol–water partition coefficient (Wildman–Crippen LogP) is 8.29. The highest BCUT2D eigenvalue weighted by Gasteiger charge is 2.40. The van der Waals surface area contributed by atoms with Gasteiger partial charge in [0.1, 0.15) is 0 Å². The highest BCUT2D eigenvalue weighted by Crippen LogP contribution is 2.34. The van der Waals surface area contributed by atoms with E-state index in [1.165, 1.54) is 0 Å². The molecule has 0 aromatic heterocycles. The molecule has 0 aromatic rings. The first-order chi connectivity index (χ1) is 17.9. The molecule has 224 valence electrons. The molecule has 0 saturated carbocycles. The summed E-state index contributed by atoms with van der Waals surface area (Å²) in [4.78, 5) is 0. The molecule has 0 bridgehead atoms. The van der Waals surface area contributed by atoms with Gasteiger partial charge in [-0.3, -0.25) is 0 Å². The molecule has 0 radical (unpaired) electrons. The van der Waals surface area contributed by atoms with E-state index in [1.54, 1.807) is 24.1 Å². The quantitative estimate of drug-likeness (QED) is 0.0650. The second-order valence-electron chi connectivity index (χ2n) is 8.83.